The van der Waals surface area contributed by atoms with Crippen molar-refractivity contribution >= 4 is 5.69 Å². The second kappa shape index (κ2) is 13.8. The highest BCUT2D eigenvalue weighted by molar-refractivity contribution is 5.42. The predicted molar refractivity (Wildman–Crippen MR) is 127 cm³/mol. The molecule has 0 aliphatic heterocycles. The van der Waals surface area contributed by atoms with Gasteiger partial charge in [-0.25, -0.2) is 4.68 Å². The van der Waals surface area contributed by atoms with Crippen LogP contribution in [0, 0.1) is 10.1 Å². The quantitative estimate of drug-likeness (QED) is 0.169. The minimum atomic E-state index is -0.438. The highest BCUT2D eigenvalue weighted by Crippen LogP contribution is 2.17. The van der Waals surface area contributed by atoms with E-state index in [9.17, 15) is 14.9 Å². The van der Waals surface area contributed by atoms with Crippen LogP contribution in [0.25, 0.3) is 5.69 Å². The van der Waals surface area contributed by atoms with Crippen LogP contribution in [0.5, 0.6) is 0 Å². The van der Waals surface area contributed by atoms with E-state index in [4.69, 9.17) is 0 Å². The van der Waals surface area contributed by atoms with Gasteiger partial charge in [0, 0.05) is 30.9 Å². The van der Waals surface area contributed by atoms with Crippen molar-refractivity contribution in [2.24, 2.45) is 7.05 Å². The highest BCUT2D eigenvalue weighted by Gasteiger charge is 2.13. The van der Waals surface area contributed by atoms with Crippen LogP contribution >= 0.6 is 0 Å². The van der Waals surface area contributed by atoms with Gasteiger partial charge >= 0.3 is 0 Å². The second-order valence-electron chi connectivity index (χ2n) is 8.58. The number of benzene rings is 1. The van der Waals surface area contributed by atoms with Gasteiger partial charge in [-0.05, 0) is 18.9 Å². The van der Waals surface area contributed by atoms with Gasteiger partial charge in [0.1, 0.15) is 0 Å². The Hall–Kier alpha value is -2.37. The van der Waals surface area contributed by atoms with Crippen LogP contribution in [-0.4, -0.2) is 14.3 Å². The summed E-state index contributed by atoms with van der Waals surface area (Å²) in [5, 5.41) is 11.0. The number of rotatable bonds is 16. The standard InChI is InChI=1S/C25H39N3O3/c1-3-4-5-6-7-8-9-10-11-12-13-14-15-17-22-21-25(29)27(26(22)2)23-18-16-19-24(20-23)28(30)31/h16,18-21H,3-15,17H2,1-2H3. The maximum absolute atomic E-state index is 12.4. The maximum atomic E-state index is 12.4. The molecule has 31 heavy (non-hydrogen) atoms. The zero-order valence-corrected chi connectivity index (χ0v) is 19.4. The molecule has 0 aliphatic rings. The molecule has 1 aromatic heterocycles. The van der Waals surface area contributed by atoms with Crippen LogP contribution in [0.4, 0.5) is 5.69 Å². The lowest BCUT2D eigenvalue weighted by atomic mass is 10.0. The van der Waals surface area contributed by atoms with E-state index in [2.05, 4.69) is 6.92 Å². The summed E-state index contributed by atoms with van der Waals surface area (Å²) in [6, 6.07) is 7.87. The molecule has 0 saturated carbocycles. The zero-order valence-electron chi connectivity index (χ0n) is 19.4. The van der Waals surface area contributed by atoms with Crippen LogP contribution in [0.1, 0.15) is 96.1 Å². The Morgan fingerprint density at radius 1 is 0.839 bits per heavy atom. The molecule has 0 amide bonds. The molecule has 0 saturated heterocycles. The molecule has 2 rings (SSSR count). The largest absolute Gasteiger partial charge is 0.285 e. The second-order valence-corrected chi connectivity index (χ2v) is 8.58. The zero-order chi connectivity index (χ0) is 22.5. The maximum Gasteiger partial charge on any atom is 0.271 e. The molecule has 0 radical (unpaired) electrons. The van der Waals surface area contributed by atoms with E-state index >= 15 is 0 Å². The van der Waals surface area contributed by atoms with E-state index in [1.807, 2.05) is 11.7 Å². The van der Waals surface area contributed by atoms with Crippen molar-refractivity contribution in [3.63, 3.8) is 0 Å². The Balaban J connectivity index is 1.66. The fourth-order valence-electron chi connectivity index (χ4n) is 4.17. The molecule has 1 aromatic carbocycles. The van der Waals surface area contributed by atoms with Crippen molar-refractivity contribution < 1.29 is 4.92 Å². The molecular weight excluding hydrogens is 390 g/mol. The molecule has 6 nitrogen and oxygen atoms in total. The summed E-state index contributed by atoms with van der Waals surface area (Å²) in [4.78, 5) is 23.0. The van der Waals surface area contributed by atoms with Crippen molar-refractivity contribution in [3.05, 3.63) is 56.5 Å². The molecule has 0 aliphatic carbocycles. The lowest BCUT2D eigenvalue weighted by Crippen LogP contribution is -2.19. The van der Waals surface area contributed by atoms with E-state index < -0.39 is 4.92 Å². The smallest absolute Gasteiger partial charge is 0.271 e. The number of aryl methyl sites for hydroxylation is 1. The molecule has 6 heteroatoms. The van der Waals surface area contributed by atoms with E-state index in [0.717, 1.165) is 18.5 Å². The third kappa shape index (κ3) is 8.35. The number of nitro groups is 1. The molecule has 1 heterocycles. The molecular formula is C25H39N3O3. The number of nitro benzene ring substituents is 1. The van der Waals surface area contributed by atoms with Gasteiger partial charge in [-0.3, -0.25) is 19.6 Å². The molecule has 0 bridgehead atoms. The summed E-state index contributed by atoms with van der Waals surface area (Å²) in [6.07, 6.45) is 18.0. The van der Waals surface area contributed by atoms with Gasteiger partial charge in [-0.2, -0.15) is 0 Å². The summed E-state index contributed by atoms with van der Waals surface area (Å²) in [6.45, 7) is 2.26. The SMILES string of the molecule is CCCCCCCCCCCCCCCc1cc(=O)n(-c2cccc([N+](=O)[O-])c2)n1C. The monoisotopic (exact) mass is 429 g/mol. The van der Waals surface area contributed by atoms with Gasteiger partial charge in [-0.1, -0.05) is 90.0 Å². The minimum Gasteiger partial charge on any atom is -0.285 e. The Labute approximate surface area is 186 Å². The number of hydrogen-bond acceptors (Lipinski definition) is 3. The lowest BCUT2D eigenvalue weighted by Gasteiger charge is -2.10. The Bertz CT molecular complexity index is 854. The summed E-state index contributed by atoms with van der Waals surface area (Å²) in [7, 11) is 1.85. The molecule has 0 unspecified atom stereocenters. The van der Waals surface area contributed by atoms with Crippen molar-refractivity contribution in [2.75, 3.05) is 0 Å². The number of nitrogens with zero attached hydrogens (tertiary/aromatic N) is 3. The number of aromatic nitrogens is 2. The summed E-state index contributed by atoms with van der Waals surface area (Å²) in [5.41, 5.74) is 1.34. The Kier molecular flexibility index (Phi) is 11.1. The van der Waals surface area contributed by atoms with Crippen LogP contribution < -0.4 is 5.56 Å². The van der Waals surface area contributed by atoms with E-state index in [1.165, 1.54) is 93.9 Å². The molecule has 172 valence electrons. The van der Waals surface area contributed by atoms with Gasteiger partial charge in [0.2, 0.25) is 0 Å². The summed E-state index contributed by atoms with van der Waals surface area (Å²) < 4.78 is 3.33. The van der Waals surface area contributed by atoms with Crippen molar-refractivity contribution in [1.29, 1.82) is 0 Å². The minimum absolute atomic E-state index is 0.0105. The number of non-ortho nitro benzene ring substituents is 1. The van der Waals surface area contributed by atoms with Gasteiger partial charge in [0.05, 0.1) is 10.6 Å². The topological polar surface area (TPSA) is 70.1 Å². The van der Waals surface area contributed by atoms with Crippen LogP contribution in [0.2, 0.25) is 0 Å². The first-order valence-corrected chi connectivity index (χ1v) is 12.1. The third-order valence-electron chi connectivity index (χ3n) is 6.04. The summed E-state index contributed by atoms with van der Waals surface area (Å²) >= 11 is 0. The van der Waals surface area contributed by atoms with Crippen molar-refractivity contribution in [3.8, 4) is 5.69 Å². The van der Waals surface area contributed by atoms with Crippen LogP contribution in [0.3, 0.4) is 0 Å². The predicted octanol–water partition coefficient (Wildman–Crippen LogP) is 6.72. The van der Waals surface area contributed by atoms with Crippen LogP contribution in [-0.2, 0) is 13.5 Å². The average molecular weight is 430 g/mol. The van der Waals surface area contributed by atoms with Gasteiger partial charge in [-0.15, -0.1) is 0 Å². The van der Waals surface area contributed by atoms with E-state index in [-0.39, 0.29) is 11.2 Å². The van der Waals surface area contributed by atoms with Crippen molar-refractivity contribution in [2.45, 2.75) is 96.8 Å². The average Bonchev–Trinajstić information content (AvgIpc) is 3.04. The highest BCUT2D eigenvalue weighted by atomic mass is 16.6. The van der Waals surface area contributed by atoms with Crippen LogP contribution in [0.15, 0.2) is 35.1 Å². The molecule has 0 fully saturated rings. The fraction of sp³-hybridized carbons (Fsp3) is 0.640. The van der Waals surface area contributed by atoms with Gasteiger partial charge in [0.15, 0.2) is 0 Å². The first kappa shape index (κ1) is 24.9. The first-order valence-electron chi connectivity index (χ1n) is 12.1. The van der Waals surface area contributed by atoms with Gasteiger partial charge < -0.3 is 0 Å². The Morgan fingerprint density at radius 3 is 1.94 bits per heavy atom. The molecule has 0 spiro atoms. The molecule has 2 aromatic rings. The van der Waals surface area contributed by atoms with Gasteiger partial charge in [0.25, 0.3) is 11.2 Å². The van der Waals surface area contributed by atoms with E-state index in [1.54, 1.807) is 18.2 Å². The first-order chi connectivity index (χ1) is 15.0. The third-order valence-corrected chi connectivity index (χ3v) is 6.04. The fourth-order valence-corrected chi connectivity index (χ4v) is 4.17. The Morgan fingerprint density at radius 2 is 1.39 bits per heavy atom. The normalized spacial score (nSPS) is 11.2. The van der Waals surface area contributed by atoms with Crippen molar-refractivity contribution in [1.82, 2.24) is 9.36 Å². The summed E-state index contributed by atoms with van der Waals surface area (Å²) in [5.74, 6) is 0. The lowest BCUT2D eigenvalue weighted by molar-refractivity contribution is -0.384. The molecule has 0 N–H and O–H groups in total. The van der Waals surface area contributed by atoms with E-state index in [0.29, 0.717) is 5.69 Å². The number of unbranched alkanes of at least 4 members (excludes halogenated alkanes) is 12. The molecule has 0 atom stereocenters. The number of hydrogen-bond donors (Lipinski definition) is 0.